The molecule has 0 radical (unpaired) electrons. The van der Waals surface area contributed by atoms with E-state index in [0.29, 0.717) is 27.2 Å². The van der Waals surface area contributed by atoms with Crippen molar-refractivity contribution in [2.45, 2.75) is 26.4 Å². The van der Waals surface area contributed by atoms with Crippen LogP contribution in [0.1, 0.15) is 38.7 Å². The van der Waals surface area contributed by atoms with Gasteiger partial charge >= 0.3 is 6.18 Å². The number of carbonyl (C=O) groups excluding carboxylic acids is 1. The molecule has 0 aliphatic heterocycles. The summed E-state index contributed by atoms with van der Waals surface area (Å²) in [5.41, 5.74) is 9.16. The van der Waals surface area contributed by atoms with Crippen LogP contribution in [-0.4, -0.2) is 35.9 Å². The largest absolute Gasteiger partial charge is 0.451 e. The van der Waals surface area contributed by atoms with Gasteiger partial charge in [0.15, 0.2) is 0 Å². The van der Waals surface area contributed by atoms with Crippen LogP contribution in [-0.2, 0) is 12.6 Å². The van der Waals surface area contributed by atoms with Gasteiger partial charge in [-0.2, -0.15) is 28.5 Å². The van der Waals surface area contributed by atoms with Gasteiger partial charge in [-0.15, -0.1) is 0 Å². The Labute approximate surface area is 186 Å². The van der Waals surface area contributed by atoms with E-state index in [1.807, 2.05) is 13.0 Å². The number of benzene rings is 1. The Morgan fingerprint density at radius 2 is 1.85 bits per heavy atom. The molecule has 0 unspecified atom stereocenters. The second kappa shape index (κ2) is 8.41. The molecule has 0 atom stereocenters. The Hall–Kier alpha value is -4.15. The number of amides is 1. The Balaban J connectivity index is 1.97. The molecule has 1 aromatic carbocycles. The molecule has 168 valence electrons. The maximum atomic E-state index is 13.5. The molecule has 0 aliphatic carbocycles. The van der Waals surface area contributed by atoms with E-state index in [2.05, 4.69) is 25.3 Å². The van der Waals surface area contributed by atoms with E-state index in [1.54, 1.807) is 31.3 Å². The third-order valence-electron chi connectivity index (χ3n) is 4.94. The highest BCUT2D eigenvalue weighted by Gasteiger charge is 2.37. The van der Waals surface area contributed by atoms with Gasteiger partial charge in [0.05, 0.1) is 22.8 Å². The van der Waals surface area contributed by atoms with Gasteiger partial charge in [-0.3, -0.25) is 9.78 Å². The lowest BCUT2D eigenvalue weighted by Gasteiger charge is -2.17. The molecule has 2 N–H and O–H groups in total. The maximum Gasteiger partial charge on any atom is 0.451 e. The third kappa shape index (κ3) is 4.56. The topological polar surface area (TPSA) is 112 Å². The van der Waals surface area contributed by atoms with Crippen molar-refractivity contribution >= 4 is 5.91 Å². The maximum absolute atomic E-state index is 13.5. The minimum Gasteiger partial charge on any atom is -0.366 e. The molecule has 0 saturated heterocycles. The molecule has 3 aromatic heterocycles. The van der Waals surface area contributed by atoms with E-state index in [4.69, 9.17) is 5.73 Å². The summed E-state index contributed by atoms with van der Waals surface area (Å²) in [6.07, 6.45) is -2.16. The SMILES string of the molecule is Cc1ccc(-c2cc(-n3ncnc3C(F)(F)F)cc(C(N)=O)c2Cc2ccc(C)nn2)nc1. The first kappa shape index (κ1) is 22.1. The number of carbonyl (C=O) groups is 1. The summed E-state index contributed by atoms with van der Waals surface area (Å²) < 4.78 is 41.0. The van der Waals surface area contributed by atoms with Crippen LogP contribution in [0.3, 0.4) is 0 Å². The van der Waals surface area contributed by atoms with Gasteiger partial charge < -0.3 is 5.73 Å². The number of halogens is 3. The molecule has 8 nitrogen and oxygen atoms in total. The van der Waals surface area contributed by atoms with Crippen molar-refractivity contribution in [3.63, 3.8) is 0 Å². The molecule has 4 aromatic rings. The Bertz CT molecular complexity index is 1310. The zero-order valence-corrected chi connectivity index (χ0v) is 17.6. The molecule has 0 spiro atoms. The summed E-state index contributed by atoms with van der Waals surface area (Å²) in [7, 11) is 0. The van der Waals surface area contributed by atoms with Crippen molar-refractivity contribution in [3.8, 4) is 16.9 Å². The summed E-state index contributed by atoms with van der Waals surface area (Å²) in [6.45, 7) is 3.65. The number of hydrogen-bond donors (Lipinski definition) is 1. The van der Waals surface area contributed by atoms with Gasteiger partial charge in [0.25, 0.3) is 0 Å². The van der Waals surface area contributed by atoms with Crippen LogP contribution in [0.5, 0.6) is 0 Å². The first-order chi connectivity index (χ1) is 15.6. The fourth-order valence-corrected chi connectivity index (χ4v) is 3.37. The average Bonchev–Trinajstić information content (AvgIpc) is 3.26. The van der Waals surface area contributed by atoms with Crippen molar-refractivity contribution in [2.24, 2.45) is 5.73 Å². The first-order valence-corrected chi connectivity index (χ1v) is 9.80. The molecular weight excluding hydrogens is 435 g/mol. The number of nitrogens with zero attached hydrogens (tertiary/aromatic N) is 6. The normalized spacial score (nSPS) is 11.5. The van der Waals surface area contributed by atoms with Crippen molar-refractivity contribution < 1.29 is 18.0 Å². The summed E-state index contributed by atoms with van der Waals surface area (Å²) in [6, 6.07) is 9.80. The molecule has 4 rings (SSSR count). The van der Waals surface area contributed by atoms with Crippen LogP contribution in [0.4, 0.5) is 13.2 Å². The van der Waals surface area contributed by atoms with Gasteiger partial charge in [0.1, 0.15) is 6.33 Å². The molecular formula is C22H18F3N7O. The van der Waals surface area contributed by atoms with Gasteiger partial charge in [0.2, 0.25) is 11.7 Å². The van der Waals surface area contributed by atoms with Crippen LogP contribution in [0, 0.1) is 13.8 Å². The lowest BCUT2D eigenvalue weighted by molar-refractivity contribution is -0.146. The van der Waals surface area contributed by atoms with E-state index in [0.717, 1.165) is 17.6 Å². The number of aromatic nitrogens is 6. The van der Waals surface area contributed by atoms with Gasteiger partial charge in [-0.25, -0.2) is 9.67 Å². The van der Waals surface area contributed by atoms with Crippen molar-refractivity contribution in [1.29, 1.82) is 0 Å². The van der Waals surface area contributed by atoms with Crippen molar-refractivity contribution in [2.75, 3.05) is 0 Å². The summed E-state index contributed by atoms with van der Waals surface area (Å²) in [4.78, 5) is 20.1. The second-order valence-corrected chi connectivity index (χ2v) is 7.44. The zero-order valence-electron chi connectivity index (χ0n) is 17.6. The van der Waals surface area contributed by atoms with Crippen LogP contribution in [0.25, 0.3) is 16.9 Å². The number of alkyl halides is 3. The molecule has 1 amide bonds. The highest BCUT2D eigenvalue weighted by molar-refractivity contribution is 5.97. The lowest BCUT2D eigenvalue weighted by Crippen LogP contribution is -2.19. The molecule has 3 heterocycles. The number of aryl methyl sites for hydroxylation is 2. The lowest BCUT2D eigenvalue weighted by atomic mass is 9.93. The number of rotatable bonds is 5. The van der Waals surface area contributed by atoms with E-state index in [9.17, 15) is 18.0 Å². The molecule has 0 saturated carbocycles. The minimum absolute atomic E-state index is 0.0234. The van der Waals surface area contributed by atoms with E-state index in [-0.39, 0.29) is 17.7 Å². The number of hydrogen-bond acceptors (Lipinski definition) is 6. The Kier molecular flexibility index (Phi) is 5.62. The zero-order chi connectivity index (χ0) is 23.8. The Morgan fingerprint density at radius 1 is 1.06 bits per heavy atom. The number of pyridine rings is 1. The third-order valence-corrected chi connectivity index (χ3v) is 4.94. The highest BCUT2D eigenvalue weighted by Crippen LogP contribution is 2.33. The van der Waals surface area contributed by atoms with Gasteiger partial charge in [-0.05, 0) is 55.3 Å². The Morgan fingerprint density at radius 3 is 2.45 bits per heavy atom. The number of nitrogens with two attached hydrogens (primary N) is 1. The second-order valence-electron chi connectivity index (χ2n) is 7.44. The van der Waals surface area contributed by atoms with E-state index < -0.39 is 17.9 Å². The van der Waals surface area contributed by atoms with Crippen LogP contribution >= 0.6 is 0 Å². The smallest absolute Gasteiger partial charge is 0.366 e. The average molecular weight is 453 g/mol. The summed E-state index contributed by atoms with van der Waals surface area (Å²) in [5, 5.41) is 11.9. The first-order valence-electron chi connectivity index (χ1n) is 9.80. The van der Waals surface area contributed by atoms with Gasteiger partial charge in [0, 0.05) is 23.7 Å². The minimum atomic E-state index is -4.75. The fraction of sp³-hybridized carbons (Fsp3) is 0.182. The van der Waals surface area contributed by atoms with Crippen LogP contribution in [0.2, 0.25) is 0 Å². The predicted octanol–water partition coefficient (Wildman–Crippen LogP) is 3.44. The molecule has 0 bridgehead atoms. The van der Waals surface area contributed by atoms with Crippen molar-refractivity contribution in [3.05, 3.63) is 82.8 Å². The number of primary amides is 1. The molecule has 0 aliphatic rings. The van der Waals surface area contributed by atoms with E-state index in [1.165, 1.54) is 12.1 Å². The standard InChI is InChI=1S/C22H18F3N7O/c1-12-3-6-19(27-10-12)17-8-15(32-21(22(23,24)25)28-11-29-32)9-18(20(26)33)16(17)7-14-5-4-13(2)30-31-14/h3-6,8-11H,7H2,1-2H3,(H2,26,33). The molecule has 11 heteroatoms. The summed E-state index contributed by atoms with van der Waals surface area (Å²) in [5.74, 6) is -2.04. The van der Waals surface area contributed by atoms with Crippen LogP contribution < -0.4 is 5.73 Å². The highest BCUT2D eigenvalue weighted by atomic mass is 19.4. The van der Waals surface area contributed by atoms with Gasteiger partial charge in [-0.1, -0.05) is 6.07 Å². The molecule has 33 heavy (non-hydrogen) atoms. The predicted molar refractivity (Wildman–Crippen MR) is 112 cm³/mol. The quantitative estimate of drug-likeness (QED) is 0.495. The molecule has 0 fully saturated rings. The van der Waals surface area contributed by atoms with Crippen LogP contribution in [0.15, 0.2) is 48.9 Å². The van der Waals surface area contributed by atoms with E-state index >= 15 is 0 Å². The summed E-state index contributed by atoms with van der Waals surface area (Å²) >= 11 is 0. The fourth-order valence-electron chi connectivity index (χ4n) is 3.37. The monoisotopic (exact) mass is 453 g/mol. The van der Waals surface area contributed by atoms with Crippen molar-refractivity contribution in [1.82, 2.24) is 29.9 Å².